The number of hydrogen-bond donors (Lipinski definition) is 2. The van der Waals surface area contributed by atoms with Crippen LogP contribution in [0.15, 0.2) is 0 Å². The highest BCUT2D eigenvalue weighted by atomic mass is 16.2. The van der Waals surface area contributed by atoms with Crippen LogP contribution in [-0.4, -0.2) is 80.0 Å². The molecule has 1 saturated heterocycles. The molecule has 0 aromatic heterocycles. The Hall–Kier alpha value is -0.690. The van der Waals surface area contributed by atoms with E-state index in [1.165, 1.54) is 0 Å². The van der Waals surface area contributed by atoms with Gasteiger partial charge in [-0.3, -0.25) is 20.0 Å². The molecule has 0 aromatic carbocycles. The van der Waals surface area contributed by atoms with E-state index in [9.17, 15) is 4.79 Å². The van der Waals surface area contributed by atoms with Crippen LogP contribution in [0, 0.1) is 0 Å². The van der Waals surface area contributed by atoms with E-state index in [0.29, 0.717) is 0 Å². The zero-order chi connectivity index (χ0) is 13.5. The molecule has 0 aliphatic carbocycles. The molecule has 1 heterocycles. The van der Waals surface area contributed by atoms with Gasteiger partial charge >= 0.3 is 0 Å². The average Bonchev–Trinajstić information content (AvgIpc) is 2.38. The van der Waals surface area contributed by atoms with Crippen molar-refractivity contribution in [3.63, 3.8) is 0 Å². The molecule has 0 aromatic rings. The zero-order valence-electron chi connectivity index (χ0n) is 11.9. The summed E-state index contributed by atoms with van der Waals surface area (Å²) in [6, 6.07) is -0.0778. The molecule has 0 saturated carbocycles. The molecular weight excluding hydrogens is 230 g/mol. The Morgan fingerprint density at radius 3 is 2.39 bits per heavy atom. The largest absolute Gasteiger partial charge is 0.308 e. The molecule has 1 amide bonds. The number of carbonyl (C=O) groups excluding carboxylic acids is 1. The minimum absolute atomic E-state index is 0.0701. The van der Waals surface area contributed by atoms with Crippen LogP contribution in [0.5, 0.6) is 0 Å². The highest BCUT2D eigenvalue weighted by Gasteiger charge is 2.26. The summed E-state index contributed by atoms with van der Waals surface area (Å²) in [5, 5.41) is 0. The lowest BCUT2D eigenvalue weighted by molar-refractivity contribution is -0.127. The van der Waals surface area contributed by atoms with E-state index in [1.807, 2.05) is 6.92 Å². The second kappa shape index (κ2) is 7.68. The predicted octanol–water partition coefficient (Wildman–Crippen LogP) is -1.07. The van der Waals surface area contributed by atoms with Gasteiger partial charge in [-0.15, -0.1) is 0 Å². The summed E-state index contributed by atoms with van der Waals surface area (Å²) in [5.41, 5.74) is 2.26. The Morgan fingerprint density at radius 1 is 1.33 bits per heavy atom. The van der Waals surface area contributed by atoms with Crippen LogP contribution in [0.4, 0.5) is 0 Å². The highest BCUT2D eigenvalue weighted by molar-refractivity contribution is 5.81. The minimum Gasteiger partial charge on any atom is -0.308 e. The fourth-order valence-corrected chi connectivity index (χ4v) is 2.35. The number of carbonyl (C=O) groups is 1. The number of piperazine rings is 1. The molecular formula is C12H27N5O. The Labute approximate surface area is 110 Å². The van der Waals surface area contributed by atoms with Gasteiger partial charge in [-0.1, -0.05) is 6.92 Å². The van der Waals surface area contributed by atoms with Gasteiger partial charge in [-0.25, -0.2) is 5.84 Å². The van der Waals surface area contributed by atoms with Crippen molar-refractivity contribution >= 4 is 5.91 Å². The van der Waals surface area contributed by atoms with Gasteiger partial charge in [0, 0.05) is 39.3 Å². The van der Waals surface area contributed by atoms with Crippen molar-refractivity contribution in [2.45, 2.75) is 19.4 Å². The second-order valence-corrected chi connectivity index (χ2v) is 5.11. The maximum absolute atomic E-state index is 11.6. The number of amides is 1. The van der Waals surface area contributed by atoms with Crippen molar-refractivity contribution in [1.29, 1.82) is 0 Å². The van der Waals surface area contributed by atoms with Gasteiger partial charge < -0.3 is 4.90 Å². The summed E-state index contributed by atoms with van der Waals surface area (Å²) in [4.78, 5) is 18.5. The van der Waals surface area contributed by atoms with Crippen LogP contribution in [0.3, 0.4) is 0 Å². The van der Waals surface area contributed by atoms with Crippen LogP contribution in [0.2, 0.25) is 0 Å². The maximum atomic E-state index is 11.6. The Bertz CT molecular complexity index is 251. The first-order valence-electron chi connectivity index (χ1n) is 6.70. The van der Waals surface area contributed by atoms with Crippen LogP contribution >= 0.6 is 0 Å². The van der Waals surface area contributed by atoms with Crippen molar-refractivity contribution in [3.05, 3.63) is 0 Å². The van der Waals surface area contributed by atoms with Crippen LogP contribution in [-0.2, 0) is 4.79 Å². The lowest BCUT2D eigenvalue weighted by atomic mass is 10.1. The summed E-state index contributed by atoms with van der Waals surface area (Å²) >= 11 is 0. The molecule has 6 nitrogen and oxygen atoms in total. The van der Waals surface area contributed by atoms with E-state index >= 15 is 0 Å². The molecule has 1 aliphatic heterocycles. The number of hydrogen-bond acceptors (Lipinski definition) is 5. The number of nitrogens with zero attached hydrogens (tertiary/aromatic N) is 3. The van der Waals surface area contributed by atoms with Gasteiger partial charge in [0.25, 0.3) is 5.91 Å². The Morgan fingerprint density at radius 2 is 1.94 bits per heavy atom. The van der Waals surface area contributed by atoms with Crippen molar-refractivity contribution in [1.82, 2.24) is 20.1 Å². The third-order valence-electron chi connectivity index (χ3n) is 3.54. The van der Waals surface area contributed by atoms with Gasteiger partial charge in [0.15, 0.2) is 0 Å². The molecule has 18 heavy (non-hydrogen) atoms. The first-order valence-corrected chi connectivity index (χ1v) is 6.70. The molecule has 1 rings (SSSR count). The van der Waals surface area contributed by atoms with Gasteiger partial charge in [0.1, 0.15) is 0 Å². The Balaban J connectivity index is 2.35. The third kappa shape index (κ3) is 4.53. The van der Waals surface area contributed by atoms with Crippen LogP contribution in [0.1, 0.15) is 13.3 Å². The van der Waals surface area contributed by atoms with Gasteiger partial charge in [-0.05, 0) is 20.5 Å². The molecule has 0 spiro atoms. The zero-order valence-corrected chi connectivity index (χ0v) is 11.9. The smallest absolute Gasteiger partial charge is 0.251 e. The van der Waals surface area contributed by atoms with Crippen molar-refractivity contribution in [2.24, 2.45) is 5.84 Å². The number of rotatable bonds is 6. The van der Waals surface area contributed by atoms with Gasteiger partial charge in [0.2, 0.25) is 0 Å². The lowest BCUT2D eigenvalue weighted by Crippen LogP contribution is -2.56. The van der Waals surface area contributed by atoms with Gasteiger partial charge in [0.05, 0.1) is 6.04 Å². The van der Waals surface area contributed by atoms with Crippen LogP contribution < -0.4 is 11.3 Å². The van der Waals surface area contributed by atoms with E-state index in [-0.39, 0.29) is 11.9 Å². The normalized spacial score (nSPS) is 20.1. The third-order valence-corrected chi connectivity index (χ3v) is 3.54. The summed E-state index contributed by atoms with van der Waals surface area (Å²) in [6.07, 6.45) is 0.806. The summed E-state index contributed by atoms with van der Waals surface area (Å²) in [7, 11) is 4.18. The first-order chi connectivity index (χ1) is 8.58. The van der Waals surface area contributed by atoms with Crippen molar-refractivity contribution < 1.29 is 4.79 Å². The first kappa shape index (κ1) is 15.4. The Kier molecular flexibility index (Phi) is 6.56. The molecule has 6 heteroatoms. The van der Waals surface area contributed by atoms with Crippen molar-refractivity contribution in [2.75, 3.05) is 53.4 Å². The van der Waals surface area contributed by atoms with E-state index < -0.39 is 0 Å². The standard InChI is InChI=1S/C12H27N5O/c1-4-11(12(18)14-13)17-9-7-16(8-10-17)6-5-15(2)3/h11H,4-10,13H2,1-3H3,(H,14,18). The molecule has 1 atom stereocenters. The number of hydrazine groups is 1. The molecule has 3 N–H and O–H groups in total. The quantitative estimate of drug-likeness (QED) is 0.360. The number of likely N-dealkylation sites (N-methyl/N-ethyl adjacent to an activating group) is 1. The lowest BCUT2D eigenvalue weighted by Gasteiger charge is -2.38. The highest BCUT2D eigenvalue weighted by Crippen LogP contribution is 2.09. The maximum Gasteiger partial charge on any atom is 0.251 e. The van der Waals surface area contributed by atoms with Crippen molar-refractivity contribution in [3.8, 4) is 0 Å². The monoisotopic (exact) mass is 257 g/mol. The van der Waals surface area contributed by atoms with E-state index in [4.69, 9.17) is 5.84 Å². The molecule has 106 valence electrons. The number of nitrogens with two attached hydrogens (primary N) is 1. The average molecular weight is 257 g/mol. The summed E-state index contributed by atoms with van der Waals surface area (Å²) in [6.45, 7) is 8.16. The predicted molar refractivity (Wildman–Crippen MR) is 73.0 cm³/mol. The fourth-order valence-electron chi connectivity index (χ4n) is 2.35. The summed E-state index contributed by atoms with van der Waals surface area (Å²) in [5.74, 6) is 5.15. The van der Waals surface area contributed by atoms with Crippen LogP contribution in [0.25, 0.3) is 0 Å². The molecule has 0 bridgehead atoms. The molecule has 1 unspecified atom stereocenters. The molecule has 1 aliphatic rings. The molecule has 1 fully saturated rings. The molecule has 0 radical (unpaired) electrons. The second-order valence-electron chi connectivity index (χ2n) is 5.11. The van der Waals surface area contributed by atoms with E-state index in [2.05, 4.69) is 34.2 Å². The fraction of sp³-hybridized carbons (Fsp3) is 0.917. The van der Waals surface area contributed by atoms with Gasteiger partial charge in [-0.2, -0.15) is 0 Å². The SMILES string of the molecule is CCC(C(=O)NN)N1CCN(CCN(C)C)CC1. The minimum atomic E-state index is -0.0778. The van der Waals surface area contributed by atoms with E-state index in [0.717, 1.165) is 45.7 Å². The number of nitrogens with one attached hydrogen (secondary N) is 1. The van der Waals surface area contributed by atoms with E-state index in [1.54, 1.807) is 0 Å². The summed E-state index contributed by atoms with van der Waals surface area (Å²) < 4.78 is 0. The topological polar surface area (TPSA) is 64.8 Å².